The molecular formula is C8H14N2O2. The normalized spacial score (nSPS) is 28.7. The van der Waals surface area contributed by atoms with E-state index in [1.54, 1.807) is 11.9 Å². The number of hydrogen-bond donors (Lipinski definition) is 1. The van der Waals surface area contributed by atoms with E-state index in [0.717, 1.165) is 12.8 Å². The summed E-state index contributed by atoms with van der Waals surface area (Å²) < 4.78 is 0. The first-order valence-electron chi connectivity index (χ1n) is 4.04. The van der Waals surface area contributed by atoms with E-state index in [9.17, 15) is 9.59 Å². The SMILES string of the molecule is CNC(=O)C1(C)CCN(C=O)C1. The van der Waals surface area contributed by atoms with Crippen LogP contribution in [0.2, 0.25) is 0 Å². The molecule has 0 bridgehead atoms. The van der Waals surface area contributed by atoms with Gasteiger partial charge in [0.2, 0.25) is 12.3 Å². The summed E-state index contributed by atoms with van der Waals surface area (Å²) in [5, 5.41) is 2.61. The molecule has 0 aromatic rings. The fraction of sp³-hybridized carbons (Fsp3) is 0.750. The van der Waals surface area contributed by atoms with Gasteiger partial charge >= 0.3 is 0 Å². The molecule has 0 radical (unpaired) electrons. The maximum atomic E-state index is 11.3. The van der Waals surface area contributed by atoms with Crippen LogP contribution in [0.25, 0.3) is 0 Å². The van der Waals surface area contributed by atoms with Gasteiger partial charge in [0.15, 0.2) is 0 Å². The number of nitrogens with one attached hydrogen (secondary N) is 1. The summed E-state index contributed by atoms with van der Waals surface area (Å²) >= 11 is 0. The lowest BCUT2D eigenvalue weighted by molar-refractivity contribution is -0.129. The highest BCUT2D eigenvalue weighted by Gasteiger charge is 2.39. The highest BCUT2D eigenvalue weighted by molar-refractivity contribution is 5.83. The molecular weight excluding hydrogens is 156 g/mol. The minimum absolute atomic E-state index is 0.0202. The number of carbonyl (C=O) groups excluding carboxylic acids is 2. The standard InChI is InChI=1S/C8H14N2O2/c1-8(7(12)9-2)3-4-10(5-8)6-11/h6H,3-5H2,1-2H3,(H,9,12). The monoisotopic (exact) mass is 170 g/mol. The molecule has 1 aliphatic rings. The molecule has 1 unspecified atom stereocenters. The molecule has 0 spiro atoms. The van der Waals surface area contributed by atoms with Gasteiger partial charge in [-0.15, -0.1) is 0 Å². The first kappa shape index (κ1) is 9.03. The lowest BCUT2D eigenvalue weighted by atomic mass is 9.89. The molecule has 0 aliphatic carbocycles. The fourth-order valence-electron chi connectivity index (χ4n) is 1.57. The number of amides is 2. The molecule has 1 fully saturated rings. The van der Waals surface area contributed by atoms with Gasteiger partial charge in [0.1, 0.15) is 0 Å². The molecule has 4 nitrogen and oxygen atoms in total. The molecule has 0 saturated carbocycles. The Morgan fingerprint density at radius 1 is 1.67 bits per heavy atom. The zero-order valence-electron chi connectivity index (χ0n) is 7.46. The summed E-state index contributed by atoms with van der Waals surface area (Å²) in [5.74, 6) is 0.0202. The molecule has 12 heavy (non-hydrogen) atoms. The van der Waals surface area contributed by atoms with Crippen LogP contribution in [0, 0.1) is 5.41 Å². The predicted octanol–water partition coefficient (Wildman–Crippen LogP) is -0.399. The summed E-state index contributed by atoms with van der Waals surface area (Å²) in [6.45, 7) is 3.11. The summed E-state index contributed by atoms with van der Waals surface area (Å²) in [6, 6.07) is 0. The first-order valence-corrected chi connectivity index (χ1v) is 4.04. The summed E-state index contributed by atoms with van der Waals surface area (Å²) in [5.41, 5.74) is -0.379. The van der Waals surface area contributed by atoms with Crippen LogP contribution in [-0.2, 0) is 9.59 Å². The highest BCUT2D eigenvalue weighted by atomic mass is 16.2. The van der Waals surface area contributed by atoms with Crippen LogP contribution in [-0.4, -0.2) is 37.4 Å². The Morgan fingerprint density at radius 2 is 2.33 bits per heavy atom. The van der Waals surface area contributed by atoms with Crippen molar-refractivity contribution >= 4 is 12.3 Å². The quantitative estimate of drug-likeness (QED) is 0.573. The van der Waals surface area contributed by atoms with Gasteiger partial charge < -0.3 is 10.2 Å². The number of hydrogen-bond acceptors (Lipinski definition) is 2. The van der Waals surface area contributed by atoms with Crippen molar-refractivity contribution in [2.45, 2.75) is 13.3 Å². The molecule has 0 aromatic carbocycles. The zero-order valence-corrected chi connectivity index (χ0v) is 7.46. The van der Waals surface area contributed by atoms with E-state index < -0.39 is 0 Å². The van der Waals surface area contributed by atoms with Gasteiger partial charge in [-0.2, -0.15) is 0 Å². The largest absolute Gasteiger partial charge is 0.359 e. The second-order valence-corrected chi connectivity index (χ2v) is 3.47. The second-order valence-electron chi connectivity index (χ2n) is 3.47. The van der Waals surface area contributed by atoms with E-state index in [1.165, 1.54) is 0 Å². The van der Waals surface area contributed by atoms with Crippen molar-refractivity contribution in [2.24, 2.45) is 5.41 Å². The second kappa shape index (κ2) is 3.13. The molecule has 1 aliphatic heterocycles. The van der Waals surface area contributed by atoms with E-state index in [1.807, 2.05) is 6.92 Å². The van der Waals surface area contributed by atoms with Crippen molar-refractivity contribution in [2.75, 3.05) is 20.1 Å². The molecule has 68 valence electrons. The molecule has 1 heterocycles. The van der Waals surface area contributed by atoms with E-state index in [0.29, 0.717) is 13.1 Å². The van der Waals surface area contributed by atoms with Crippen molar-refractivity contribution in [3.8, 4) is 0 Å². The average Bonchev–Trinajstić information content (AvgIpc) is 2.47. The molecule has 1 atom stereocenters. The highest BCUT2D eigenvalue weighted by Crippen LogP contribution is 2.28. The van der Waals surface area contributed by atoms with Crippen molar-refractivity contribution in [3.63, 3.8) is 0 Å². The average molecular weight is 170 g/mol. The Bertz CT molecular complexity index is 205. The van der Waals surface area contributed by atoms with Crippen LogP contribution >= 0.6 is 0 Å². The van der Waals surface area contributed by atoms with Crippen molar-refractivity contribution in [1.29, 1.82) is 0 Å². The third kappa shape index (κ3) is 1.42. The Labute approximate surface area is 71.9 Å². The molecule has 0 aromatic heterocycles. The third-order valence-electron chi connectivity index (χ3n) is 2.43. The fourth-order valence-corrected chi connectivity index (χ4v) is 1.57. The van der Waals surface area contributed by atoms with Gasteiger partial charge in [0.05, 0.1) is 5.41 Å². The van der Waals surface area contributed by atoms with Crippen LogP contribution < -0.4 is 5.32 Å². The lowest BCUT2D eigenvalue weighted by Crippen LogP contribution is -2.38. The molecule has 2 amide bonds. The smallest absolute Gasteiger partial charge is 0.227 e. The number of carbonyl (C=O) groups is 2. The summed E-state index contributed by atoms with van der Waals surface area (Å²) in [6.07, 6.45) is 1.56. The van der Waals surface area contributed by atoms with Gasteiger partial charge in [-0.05, 0) is 13.3 Å². The maximum absolute atomic E-state index is 11.3. The topological polar surface area (TPSA) is 49.4 Å². The number of nitrogens with zero attached hydrogens (tertiary/aromatic N) is 1. The minimum atomic E-state index is -0.379. The summed E-state index contributed by atoms with van der Waals surface area (Å²) in [4.78, 5) is 23.4. The van der Waals surface area contributed by atoms with Crippen molar-refractivity contribution in [1.82, 2.24) is 10.2 Å². The van der Waals surface area contributed by atoms with Crippen LogP contribution in [0.4, 0.5) is 0 Å². The van der Waals surface area contributed by atoms with Gasteiger partial charge in [-0.1, -0.05) is 0 Å². The van der Waals surface area contributed by atoms with Gasteiger partial charge in [-0.25, -0.2) is 0 Å². The summed E-state index contributed by atoms with van der Waals surface area (Å²) in [7, 11) is 1.62. The lowest BCUT2D eigenvalue weighted by Gasteiger charge is -2.20. The Kier molecular flexibility index (Phi) is 2.35. The van der Waals surface area contributed by atoms with Crippen LogP contribution in [0.3, 0.4) is 0 Å². The third-order valence-corrected chi connectivity index (χ3v) is 2.43. The van der Waals surface area contributed by atoms with Gasteiger partial charge in [-0.3, -0.25) is 9.59 Å². The molecule has 4 heteroatoms. The van der Waals surface area contributed by atoms with Crippen molar-refractivity contribution < 1.29 is 9.59 Å². The van der Waals surface area contributed by atoms with E-state index in [-0.39, 0.29) is 11.3 Å². The minimum Gasteiger partial charge on any atom is -0.359 e. The van der Waals surface area contributed by atoms with E-state index in [4.69, 9.17) is 0 Å². The molecule has 1 N–H and O–H groups in total. The van der Waals surface area contributed by atoms with E-state index in [2.05, 4.69) is 5.32 Å². The number of rotatable bonds is 2. The first-order chi connectivity index (χ1) is 5.62. The maximum Gasteiger partial charge on any atom is 0.227 e. The predicted molar refractivity (Wildman–Crippen MR) is 44.4 cm³/mol. The molecule has 1 saturated heterocycles. The Balaban J connectivity index is 2.63. The number of likely N-dealkylation sites (tertiary alicyclic amines) is 1. The zero-order chi connectivity index (χ0) is 9.19. The van der Waals surface area contributed by atoms with Gasteiger partial charge in [0.25, 0.3) is 0 Å². The molecule has 1 rings (SSSR count). The van der Waals surface area contributed by atoms with Crippen molar-refractivity contribution in [3.05, 3.63) is 0 Å². The van der Waals surface area contributed by atoms with Crippen LogP contribution in [0.5, 0.6) is 0 Å². The Hall–Kier alpha value is -1.06. The van der Waals surface area contributed by atoms with E-state index >= 15 is 0 Å². The van der Waals surface area contributed by atoms with Crippen LogP contribution in [0.1, 0.15) is 13.3 Å². The van der Waals surface area contributed by atoms with Crippen LogP contribution in [0.15, 0.2) is 0 Å². The Morgan fingerprint density at radius 3 is 2.75 bits per heavy atom. The van der Waals surface area contributed by atoms with Gasteiger partial charge in [0, 0.05) is 20.1 Å².